The number of aryl methyl sites for hydroxylation is 1. The summed E-state index contributed by atoms with van der Waals surface area (Å²) < 4.78 is 21.5. The number of amides is 3. The number of hydrogen-bond donors (Lipinski definition) is 3. The number of nitrogens with one attached hydrogen (secondary N) is 3. The van der Waals surface area contributed by atoms with Crippen LogP contribution >= 0.6 is 0 Å². The Labute approximate surface area is 252 Å². The summed E-state index contributed by atoms with van der Waals surface area (Å²) in [6.07, 6.45) is 2.38. The second-order valence-electron chi connectivity index (χ2n) is 9.35. The minimum atomic E-state index is -0.602. The SMILES string of the molecule is CC.CC.CNC(=O)c1c(N(C=O)c2cccc(OCC(=O)NC3CC3)c2)c(C)c(=O)n(C)c1Nc1ccc(C)cc1F. The lowest BCUT2D eigenvalue weighted by Crippen LogP contribution is -2.33. The number of pyridine rings is 1. The van der Waals surface area contributed by atoms with Gasteiger partial charge in [-0.3, -0.25) is 28.6 Å². The van der Waals surface area contributed by atoms with Crippen molar-refractivity contribution in [3.05, 3.63) is 75.3 Å². The molecule has 232 valence electrons. The summed E-state index contributed by atoms with van der Waals surface area (Å²) in [6, 6.07) is 11.1. The van der Waals surface area contributed by atoms with Crippen molar-refractivity contribution in [2.45, 2.75) is 60.4 Å². The number of rotatable bonds is 10. The van der Waals surface area contributed by atoms with Crippen molar-refractivity contribution in [1.82, 2.24) is 15.2 Å². The molecular weight excluding hydrogens is 553 g/mol. The Morgan fingerprint density at radius 1 is 1.09 bits per heavy atom. The number of halogens is 1. The largest absolute Gasteiger partial charge is 0.484 e. The molecule has 3 aromatic rings. The van der Waals surface area contributed by atoms with Gasteiger partial charge in [0.25, 0.3) is 17.4 Å². The predicted octanol–water partition coefficient (Wildman–Crippen LogP) is 5.25. The third-order valence-electron chi connectivity index (χ3n) is 6.38. The fourth-order valence-electron chi connectivity index (χ4n) is 4.17. The van der Waals surface area contributed by atoms with Gasteiger partial charge in [0, 0.05) is 31.8 Å². The van der Waals surface area contributed by atoms with Crippen LogP contribution in [0.5, 0.6) is 5.75 Å². The van der Waals surface area contributed by atoms with Gasteiger partial charge in [-0.25, -0.2) is 4.39 Å². The first-order chi connectivity index (χ1) is 20.6. The number of aromatic nitrogens is 1. The fraction of sp³-hybridized carbons (Fsp3) is 0.375. The first-order valence-corrected chi connectivity index (χ1v) is 14.4. The molecule has 1 saturated carbocycles. The molecule has 0 spiro atoms. The van der Waals surface area contributed by atoms with Gasteiger partial charge in [-0.2, -0.15) is 0 Å². The Balaban J connectivity index is 0.00000155. The summed E-state index contributed by atoms with van der Waals surface area (Å²) in [6.45, 7) is 11.0. The Kier molecular flexibility index (Phi) is 12.9. The van der Waals surface area contributed by atoms with E-state index in [4.69, 9.17) is 4.74 Å². The number of carbonyl (C=O) groups excluding carboxylic acids is 3. The Bertz CT molecular complexity index is 1500. The van der Waals surface area contributed by atoms with E-state index in [1.807, 2.05) is 27.7 Å². The Morgan fingerprint density at radius 2 is 1.77 bits per heavy atom. The quantitative estimate of drug-likeness (QED) is 0.275. The van der Waals surface area contributed by atoms with Crippen LogP contribution in [-0.4, -0.2) is 42.5 Å². The van der Waals surface area contributed by atoms with Crippen molar-refractivity contribution in [2.24, 2.45) is 7.05 Å². The predicted molar refractivity (Wildman–Crippen MR) is 168 cm³/mol. The van der Waals surface area contributed by atoms with E-state index in [1.165, 1.54) is 43.8 Å². The maximum Gasteiger partial charge on any atom is 0.258 e. The smallest absolute Gasteiger partial charge is 0.258 e. The molecule has 0 atom stereocenters. The number of anilines is 4. The zero-order valence-electron chi connectivity index (χ0n) is 26.1. The fourth-order valence-corrected chi connectivity index (χ4v) is 4.17. The third-order valence-corrected chi connectivity index (χ3v) is 6.38. The van der Waals surface area contributed by atoms with E-state index in [-0.39, 0.29) is 46.9 Å². The van der Waals surface area contributed by atoms with Gasteiger partial charge < -0.3 is 20.7 Å². The number of ether oxygens (including phenoxy) is 1. The normalized spacial score (nSPS) is 11.6. The highest BCUT2D eigenvalue weighted by atomic mass is 19.1. The summed E-state index contributed by atoms with van der Waals surface area (Å²) >= 11 is 0. The molecule has 3 N–H and O–H groups in total. The topological polar surface area (TPSA) is 122 Å². The molecule has 3 amide bonds. The van der Waals surface area contributed by atoms with Gasteiger partial charge in [0.05, 0.1) is 17.1 Å². The van der Waals surface area contributed by atoms with Crippen LogP contribution in [0.1, 0.15) is 62.0 Å². The summed E-state index contributed by atoms with van der Waals surface area (Å²) in [4.78, 5) is 52.2. The number of hydrogen-bond acceptors (Lipinski definition) is 6. The first-order valence-electron chi connectivity index (χ1n) is 14.4. The average Bonchev–Trinajstić information content (AvgIpc) is 3.84. The highest BCUT2D eigenvalue weighted by Gasteiger charge is 2.28. The number of nitrogens with zero attached hydrogens (tertiary/aromatic N) is 2. The highest BCUT2D eigenvalue weighted by molar-refractivity contribution is 6.08. The molecule has 0 aliphatic heterocycles. The van der Waals surface area contributed by atoms with Crippen molar-refractivity contribution >= 4 is 41.1 Å². The molecule has 0 radical (unpaired) electrons. The molecule has 10 nitrogen and oxygen atoms in total. The lowest BCUT2D eigenvalue weighted by Gasteiger charge is -2.26. The van der Waals surface area contributed by atoms with Crippen molar-refractivity contribution in [2.75, 3.05) is 23.9 Å². The van der Waals surface area contributed by atoms with Crippen LogP contribution in [-0.2, 0) is 16.6 Å². The van der Waals surface area contributed by atoms with E-state index >= 15 is 0 Å². The lowest BCUT2D eigenvalue weighted by molar-refractivity contribution is -0.123. The van der Waals surface area contributed by atoms with Crippen LogP contribution < -0.4 is 31.1 Å². The second kappa shape index (κ2) is 16.1. The van der Waals surface area contributed by atoms with Crippen LogP contribution in [0.2, 0.25) is 0 Å². The summed E-state index contributed by atoms with van der Waals surface area (Å²) in [7, 11) is 2.86. The van der Waals surface area contributed by atoms with Crippen LogP contribution in [0, 0.1) is 19.7 Å². The first kappa shape index (κ1) is 34.5. The molecule has 2 aromatic carbocycles. The van der Waals surface area contributed by atoms with Crippen molar-refractivity contribution < 1.29 is 23.5 Å². The van der Waals surface area contributed by atoms with Crippen LogP contribution in [0.4, 0.5) is 27.3 Å². The van der Waals surface area contributed by atoms with E-state index in [1.54, 1.807) is 31.2 Å². The minimum Gasteiger partial charge on any atom is -0.484 e. The molecule has 11 heteroatoms. The molecule has 0 bridgehead atoms. The summed E-state index contributed by atoms with van der Waals surface area (Å²) in [5.74, 6) is -1.12. The van der Waals surface area contributed by atoms with Gasteiger partial charge in [-0.1, -0.05) is 39.8 Å². The molecule has 1 aliphatic carbocycles. The van der Waals surface area contributed by atoms with Gasteiger partial charge in [-0.15, -0.1) is 0 Å². The molecule has 43 heavy (non-hydrogen) atoms. The van der Waals surface area contributed by atoms with E-state index in [0.29, 0.717) is 23.4 Å². The maximum absolute atomic E-state index is 14.7. The van der Waals surface area contributed by atoms with Crippen LogP contribution in [0.15, 0.2) is 47.3 Å². The zero-order chi connectivity index (χ0) is 32.3. The molecule has 1 fully saturated rings. The number of carbonyl (C=O) groups is 3. The van der Waals surface area contributed by atoms with Gasteiger partial charge in [0.15, 0.2) is 6.61 Å². The van der Waals surface area contributed by atoms with Gasteiger partial charge in [0.1, 0.15) is 22.9 Å². The Hall–Kier alpha value is -4.67. The molecule has 1 heterocycles. The van der Waals surface area contributed by atoms with Gasteiger partial charge in [0.2, 0.25) is 6.41 Å². The van der Waals surface area contributed by atoms with E-state index in [0.717, 1.165) is 17.7 Å². The molecule has 0 saturated heterocycles. The molecule has 0 unspecified atom stereocenters. The lowest BCUT2D eigenvalue weighted by atomic mass is 10.1. The van der Waals surface area contributed by atoms with E-state index in [9.17, 15) is 23.6 Å². The van der Waals surface area contributed by atoms with Crippen molar-refractivity contribution in [3.63, 3.8) is 0 Å². The molecule has 1 aromatic heterocycles. The van der Waals surface area contributed by atoms with E-state index < -0.39 is 17.3 Å². The third kappa shape index (κ3) is 8.43. The maximum atomic E-state index is 14.7. The van der Waals surface area contributed by atoms with Crippen molar-refractivity contribution in [3.8, 4) is 5.75 Å². The summed E-state index contributed by atoms with van der Waals surface area (Å²) in [5.41, 5.74) is 0.636. The van der Waals surface area contributed by atoms with Gasteiger partial charge in [-0.05, 0) is 56.5 Å². The standard InChI is InChI=1S/C28H30FN5O5.2C2H6/c1-16-8-11-22(21(29)12-16)32-26-24(27(37)30-3)25(17(2)28(38)33(26)4)34(15-35)19-6-5-7-20(13-19)39-14-23(36)31-18-9-10-18;2*1-2/h5-8,11-13,15,18,32H,9-10,14H2,1-4H3,(H,30,37)(H,31,36);2*1-2H3. The second-order valence-corrected chi connectivity index (χ2v) is 9.35. The van der Waals surface area contributed by atoms with Gasteiger partial charge >= 0.3 is 0 Å². The van der Waals surface area contributed by atoms with E-state index in [2.05, 4.69) is 16.0 Å². The Morgan fingerprint density at radius 3 is 2.35 bits per heavy atom. The van der Waals surface area contributed by atoms with Crippen LogP contribution in [0.3, 0.4) is 0 Å². The number of benzene rings is 2. The monoisotopic (exact) mass is 595 g/mol. The highest BCUT2D eigenvalue weighted by Crippen LogP contribution is 2.36. The van der Waals surface area contributed by atoms with Crippen LogP contribution in [0.25, 0.3) is 0 Å². The molecule has 1 aliphatic rings. The average molecular weight is 596 g/mol. The summed E-state index contributed by atoms with van der Waals surface area (Å²) in [5, 5.41) is 8.24. The minimum absolute atomic E-state index is 0.00120. The molecule has 4 rings (SSSR count). The zero-order valence-corrected chi connectivity index (χ0v) is 26.1. The van der Waals surface area contributed by atoms with Crippen molar-refractivity contribution in [1.29, 1.82) is 0 Å². The molecular formula is C32H42FN5O5.